The zero-order valence-corrected chi connectivity index (χ0v) is 12.3. The maximum atomic E-state index is 12.5. The topological polar surface area (TPSA) is 81.5 Å². The van der Waals surface area contributed by atoms with Gasteiger partial charge in [-0.15, -0.1) is 0 Å². The van der Waals surface area contributed by atoms with Crippen molar-refractivity contribution < 1.29 is 14.5 Å². The lowest BCUT2D eigenvalue weighted by molar-refractivity contribution is -0.386. The van der Waals surface area contributed by atoms with Crippen LogP contribution in [-0.2, 0) is 4.79 Å². The first kappa shape index (κ1) is 15.0. The van der Waals surface area contributed by atoms with Gasteiger partial charge in [0.1, 0.15) is 0 Å². The van der Waals surface area contributed by atoms with Crippen LogP contribution in [0.5, 0.6) is 5.75 Å². The van der Waals surface area contributed by atoms with Crippen LogP contribution in [0.25, 0.3) is 0 Å². The van der Waals surface area contributed by atoms with Gasteiger partial charge in [0.2, 0.25) is 6.10 Å². The Kier molecular flexibility index (Phi) is 4.23. The largest absolute Gasteiger partial charge is 0.469 e. The van der Waals surface area contributed by atoms with E-state index in [1.165, 1.54) is 12.1 Å². The van der Waals surface area contributed by atoms with Gasteiger partial charge in [0, 0.05) is 17.7 Å². The average molecular weight is 312 g/mol. The molecular formula is C17H16N2O4. The van der Waals surface area contributed by atoms with Crippen LogP contribution in [0.2, 0.25) is 0 Å². The number of nitrogens with one attached hydrogen (secondary N) is 1. The summed E-state index contributed by atoms with van der Waals surface area (Å²) in [6.07, 6.45) is 0.996. The summed E-state index contributed by atoms with van der Waals surface area (Å²) < 4.78 is 5.73. The number of para-hydroxylation sites is 2. The van der Waals surface area contributed by atoms with Crippen LogP contribution in [0.1, 0.15) is 24.5 Å². The molecule has 1 atom stereocenters. The zero-order valence-electron chi connectivity index (χ0n) is 12.3. The van der Waals surface area contributed by atoms with Crippen molar-refractivity contribution in [3.05, 3.63) is 70.3 Å². The minimum Gasteiger partial charge on any atom is -0.469 e. The van der Waals surface area contributed by atoms with Crippen molar-refractivity contribution in [3.63, 3.8) is 0 Å². The highest BCUT2D eigenvalue weighted by Crippen LogP contribution is 2.31. The van der Waals surface area contributed by atoms with Crippen LogP contribution in [0.4, 0.5) is 5.69 Å². The van der Waals surface area contributed by atoms with Gasteiger partial charge in [-0.25, -0.2) is 0 Å². The van der Waals surface area contributed by atoms with Crippen LogP contribution in [0, 0.1) is 10.1 Å². The fourth-order valence-corrected chi connectivity index (χ4v) is 2.24. The number of hydrogen-bond acceptors (Lipinski definition) is 4. The zero-order chi connectivity index (χ0) is 16.2. The molecule has 0 aliphatic heterocycles. The second kappa shape index (κ2) is 6.48. The lowest BCUT2D eigenvalue weighted by Crippen LogP contribution is -2.34. The van der Waals surface area contributed by atoms with Gasteiger partial charge in [0.25, 0.3) is 5.91 Å². The first-order valence-electron chi connectivity index (χ1n) is 7.40. The van der Waals surface area contributed by atoms with E-state index in [-0.39, 0.29) is 23.4 Å². The Hall–Kier alpha value is -2.89. The standard InChI is InChI=1S/C17H16N2O4/c20-17(18-13-10-11-13)16(12-6-2-1-3-7-12)23-15-9-5-4-8-14(15)19(21)22/h1-9,13,16H,10-11H2,(H,18,20). The molecule has 1 saturated carbocycles. The Morgan fingerprint density at radius 1 is 1.13 bits per heavy atom. The van der Waals surface area contributed by atoms with Crippen molar-refractivity contribution in [2.24, 2.45) is 0 Å². The van der Waals surface area contributed by atoms with Gasteiger partial charge in [-0.05, 0) is 18.9 Å². The van der Waals surface area contributed by atoms with Crippen molar-refractivity contribution in [3.8, 4) is 5.75 Å². The van der Waals surface area contributed by atoms with Gasteiger partial charge in [-0.2, -0.15) is 0 Å². The van der Waals surface area contributed by atoms with Gasteiger partial charge in [-0.3, -0.25) is 14.9 Å². The Morgan fingerprint density at radius 2 is 1.78 bits per heavy atom. The number of rotatable bonds is 6. The fraction of sp³-hybridized carbons (Fsp3) is 0.235. The molecule has 2 aromatic rings. The van der Waals surface area contributed by atoms with E-state index in [1.807, 2.05) is 6.07 Å². The molecule has 1 N–H and O–H groups in total. The molecule has 1 amide bonds. The highest BCUT2D eigenvalue weighted by atomic mass is 16.6. The molecule has 1 fully saturated rings. The SMILES string of the molecule is O=C(NC1CC1)C(Oc1ccccc1[N+](=O)[O-])c1ccccc1. The molecule has 0 saturated heterocycles. The molecule has 1 aliphatic carbocycles. The molecule has 0 aromatic heterocycles. The van der Waals surface area contributed by atoms with E-state index in [0.717, 1.165) is 12.8 Å². The van der Waals surface area contributed by atoms with Crippen LogP contribution >= 0.6 is 0 Å². The quantitative estimate of drug-likeness (QED) is 0.656. The predicted molar refractivity (Wildman–Crippen MR) is 84.1 cm³/mol. The van der Waals surface area contributed by atoms with Crippen molar-refractivity contribution >= 4 is 11.6 Å². The summed E-state index contributed by atoms with van der Waals surface area (Å²) in [6, 6.07) is 15.2. The fourth-order valence-electron chi connectivity index (χ4n) is 2.24. The third-order valence-corrected chi connectivity index (χ3v) is 3.57. The van der Waals surface area contributed by atoms with Crippen molar-refractivity contribution in [2.75, 3.05) is 0 Å². The maximum Gasteiger partial charge on any atom is 0.310 e. The van der Waals surface area contributed by atoms with Crippen LogP contribution in [-0.4, -0.2) is 16.9 Å². The van der Waals surface area contributed by atoms with Gasteiger partial charge in [0.15, 0.2) is 5.75 Å². The van der Waals surface area contributed by atoms with Crippen molar-refractivity contribution in [2.45, 2.75) is 25.0 Å². The Morgan fingerprint density at radius 3 is 2.43 bits per heavy atom. The number of nitro benzene ring substituents is 1. The molecule has 0 spiro atoms. The van der Waals surface area contributed by atoms with E-state index in [1.54, 1.807) is 36.4 Å². The van der Waals surface area contributed by atoms with E-state index < -0.39 is 11.0 Å². The number of hydrogen-bond donors (Lipinski definition) is 1. The maximum absolute atomic E-state index is 12.5. The van der Waals surface area contributed by atoms with Crippen molar-refractivity contribution in [1.82, 2.24) is 5.32 Å². The summed E-state index contributed by atoms with van der Waals surface area (Å²) in [5.74, 6) is -0.200. The molecule has 1 aliphatic rings. The Labute approximate surface area is 133 Å². The molecule has 118 valence electrons. The van der Waals surface area contributed by atoms with Gasteiger partial charge < -0.3 is 10.1 Å². The second-order valence-corrected chi connectivity index (χ2v) is 5.42. The van der Waals surface area contributed by atoms with Crippen LogP contribution in [0.3, 0.4) is 0 Å². The second-order valence-electron chi connectivity index (χ2n) is 5.42. The third-order valence-electron chi connectivity index (χ3n) is 3.57. The minimum absolute atomic E-state index is 0.0808. The number of amides is 1. The Bertz CT molecular complexity index is 714. The summed E-state index contributed by atoms with van der Waals surface area (Å²) in [4.78, 5) is 23.1. The van der Waals surface area contributed by atoms with E-state index in [2.05, 4.69) is 5.32 Å². The Balaban J connectivity index is 1.89. The number of carbonyl (C=O) groups is 1. The number of nitro groups is 1. The highest BCUT2D eigenvalue weighted by molar-refractivity contribution is 5.83. The van der Waals surface area contributed by atoms with Crippen molar-refractivity contribution in [1.29, 1.82) is 0 Å². The molecular weight excluding hydrogens is 296 g/mol. The molecule has 3 rings (SSSR count). The van der Waals surface area contributed by atoms with Crippen LogP contribution in [0.15, 0.2) is 54.6 Å². The molecule has 23 heavy (non-hydrogen) atoms. The minimum atomic E-state index is -0.919. The lowest BCUT2D eigenvalue weighted by atomic mass is 10.1. The number of carbonyl (C=O) groups excluding carboxylic acids is 1. The number of benzene rings is 2. The lowest BCUT2D eigenvalue weighted by Gasteiger charge is -2.19. The third kappa shape index (κ3) is 3.66. The van der Waals surface area contributed by atoms with E-state index >= 15 is 0 Å². The van der Waals surface area contributed by atoms with E-state index in [4.69, 9.17) is 4.74 Å². The first-order chi connectivity index (χ1) is 11.1. The van der Waals surface area contributed by atoms with E-state index in [9.17, 15) is 14.9 Å². The molecule has 0 heterocycles. The summed E-state index contributed by atoms with van der Waals surface area (Å²) in [5.41, 5.74) is 0.497. The monoisotopic (exact) mass is 312 g/mol. The first-order valence-corrected chi connectivity index (χ1v) is 7.40. The normalized spacial score (nSPS) is 14.8. The number of ether oxygens (including phenoxy) is 1. The summed E-state index contributed by atoms with van der Waals surface area (Å²) in [7, 11) is 0. The highest BCUT2D eigenvalue weighted by Gasteiger charge is 2.31. The molecule has 0 radical (unpaired) electrons. The molecule has 0 bridgehead atoms. The molecule has 6 nitrogen and oxygen atoms in total. The summed E-state index contributed by atoms with van der Waals surface area (Å²) in [5, 5.41) is 14.0. The smallest absolute Gasteiger partial charge is 0.310 e. The summed E-state index contributed by atoms with van der Waals surface area (Å²) in [6.45, 7) is 0. The van der Waals surface area contributed by atoms with Crippen LogP contribution < -0.4 is 10.1 Å². The number of nitrogens with zero attached hydrogens (tertiary/aromatic N) is 1. The molecule has 6 heteroatoms. The van der Waals surface area contributed by atoms with Gasteiger partial charge in [-0.1, -0.05) is 42.5 Å². The summed E-state index contributed by atoms with van der Waals surface area (Å²) >= 11 is 0. The van der Waals surface area contributed by atoms with Gasteiger partial charge in [0.05, 0.1) is 4.92 Å². The van der Waals surface area contributed by atoms with E-state index in [0.29, 0.717) is 5.56 Å². The molecule has 2 aromatic carbocycles. The molecule has 1 unspecified atom stereocenters. The average Bonchev–Trinajstić information content (AvgIpc) is 3.37. The van der Waals surface area contributed by atoms with Gasteiger partial charge >= 0.3 is 5.69 Å². The predicted octanol–water partition coefficient (Wildman–Crippen LogP) is 2.99.